The van der Waals surface area contributed by atoms with Gasteiger partial charge in [-0.25, -0.2) is 26.6 Å². The number of amides is 1. The lowest BCUT2D eigenvalue weighted by Crippen LogP contribution is -2.16. The van der Waals surface area contributed by atoms with Gasteiger partial charge in [-0.1, -0.05) is 12.1 Å². The fourth-order valence-corrected chi connectivity index (χ4v) is 5.66. The second-order valence-corrected chi connectivity index (χ2v) is 10.7. The van der Waals surface area contributed by atoms with Crippen LogP contribution in [0.4, 0.5) is 18.9 Å². The number of aromatic nitrogens is 2. The Labute approximate surface area is 224 Å². The lowest BCUT2D eigenvalue weighted by atomic mass is 9.98. The molecule has 0 saturated heterocycles. The van der Waals surface area contributed by atoms with E-state index in [4.69, 9.17) is 0 Å². The van der Waals surface area contributed by atoms with Crippen LogP contribution in [0.2, 0.25) is 0 Å². The molecule has 1 aliphatic heterocycles. The van der Waals surface area contributed by atoms with E-state index in [1.165, 1.54) is 12.3 Å². The number of halogens is 3. The quantitative estimate of drug-likeness (QED) is 0.254. The Morgan fingerprint density at radius 2 is 1.80 bits per heavy atom. The van der Waals surface area contributed by atoms with Gasteiger partial charge in [0.2, 0.25) is 5.78 Å². The van der Waals surface area contributed by atoms with Crippen molar-refractivity contribution < 1.29 is 31.2 Å². The van der Waals surface area contributed by atoms with E-state index in [-0.39, 0.29) is 22.5 Å². The van der Waals surface area contributed by atoms with Crippen LogP contribution in [0.3, 0.4) is 0 Å². The Morgan fingerprint density at radius 1 is 0.975 bits per heavy atom. The van der Waals surface area contributed by atoms with Crippen molar-refractivity contribution in [3.63, 3.8) is 0 Å². The maximum absolute atomic E-state index is 15.5. The highest BCUT2D eigenvalue weighted by Gasteiger charge is 2.27. The monoisotopic (exact) mass is 562 g/mol. The van der Waals surface area contributed by atoms with Crippen molar-refractivity contribution in [2.75, 3.05) is 4.72 Å². The van der Waals surface area contributed by atoms with Crippen molar-refractivity contribution in [3.05, 3.63) is 113 Å². The molecule has 5 aromatic rings. The van der Waals surface area contributed by atoms with E-state index in [1.54, 1.807) is 24.4 Å². The highest BCUT2D eigenvalue weighted by molar-refractivity contribution is 7.92. The van der Waals surface area contributed by atoms with E-state index < -0.39 is 49.4 Å². The first-order valence-corrected chi connectivity index (χ1v) is 13.3. The number of pyridine rings is 1. The molecule has 0 fully saturated rings. The van der Waals surface area contributed by atoms with Gasteiger partial charge in [-0.3, -0.25) is 14.3 Å². The molecule has 1 amide bonds. The van der Waals surface area contributed by atoms with Gasteiger partial charge in [0.1, 0.15) is 17.3 Å². The van der Waals surface area contributed by atoms with Crippen LogP contribution in [-0.4, -0.2) is 30.1 Å². The van der Waals surface area contributed by atoms with Crippen molar-refractivity contribution in [1.82, 2.24) is 15.3 Å². The Balaban J connectivity index is 1.38. The molecule has 0 saturated carbocycles. The summed E-state index contributed by atoms with van der Waals surface area (Å²) in [6.45, 7) is 0.378. The summed E-state index contributed by atoms with van der Waals surface area (Å²) in [6.07, 6.45) is 2.82. The summed E-state index contributed by atoms with van der Waals surface area (Å²) in [4.78, 5) is 31.9. The summed E-state index contributed by atoms with van der Waals surface area (Å²) < 4.78 is 71.2. The predicted octanol–water partition coefficient (Wildman–Crippen LogP) is 4.92. The molecule has 0 bridgehead atoms. The molecule has 0 unspecified atom stereocenters. The molecule has 3 N–H and O–H groups in total. The van der Waals surface area contributed by atoms with Crippen LogP contribution in [0, 0.1) is 17.5 Å². The molecule has 6 rings (SSSR count). The van der Waals surface area contributed by atoms with Crippen molar-refractivity contribution in [2.45, 2.75) is 11.4 Å². The summed E-state index contributed by atoms with van der Waals surface area (Å²) in [5.41, 5.74) is 1.21. The Kier molecular flexibility index (Phi) is 5.91. The van der Waals surface area contributed by atoms with Crippen LogP contribution in [0.5, 0.6) is 0 Å². The largest absolute Gasteiger partial charge is 0.348 e. The number of benzene rings is 3. The normalized spacial score (nSPS) is 12.8. The number of ketones is 1. The molecular formula is C28H17F3N4O4S. The number of hydrogen-bond acceptors (Lipinski definition) is 5. The number of nitrogens with one attached hydrogen (secondary N) is 3. The molecular weight excluding hydrogens is 545 g/mol. The number of rotatable bonds is 6. The van der Waals surface area contributed by atoms with Gasteiger partial charge in [-0.05, 0) is 59.7 Å². The van der Waals surface area contributed by atoms with E-state index in [0.717, 1.165) is 41.5 Å². The topological polar surface area (TPSA) is 121 Å². The number of carbonyl (C=O) groups excluding carboxylic acids is 2. The summed E-state index contributed by atoms with van der Waals surface area (Å²) in [5.74, 6) is -4.67. The summed E-state index contributed by atoms with van der Waals surface area (Å²) in [5, 5.41) is 3.02. The van der Waals surface area contributed by atoms with Crippen molar-refractivity contribution in [2.24, 2.45) is 0 Å². The van der Waals surface area contributed by atoms with E-state index in [2.05, 4.69) is 15.3 Å². The minimum atomic E-state index is -4.45. The second-order valence-electron chi connectivity index (χ2n) is 9.05. The zero-order valence-corrected chi connectivity index (χ0v) is 21.1. The number of hydrogen-bond donors (Lipinski definition) is 3. The third-order valence-electron chi connectivity index (χ3n) is 6.57. The standard InChI is InChI=1S/C28H17F3N4O4S/c29-17-2-1-3-18(10-17)40(38,39)35-23-7-6-22(30)24(25(23)31)26(36)21-13-33-27-20(21)9-15(11-32-27)14-4-5-19-16(8-14)12-34-28(19)37/h1-11,13,35H,12H2,(H,32,33)(H,34,37). The minimum Gasteiger partial charge on any atom is -0.348 e. The highest BCUT2D eigenvalue weighted by Crippen LogP contribution is 2.31. The predicted molar refractivity (Wildman–Crippen MR) is 140 cm³/mol. The zero-order valence-electron chi connectivity index (χ0n) is 20.3. The molecule has 12 heteroatoms. The lowest BCUT2D eigenvalue weighted by Gasteiger charge is -2.12. The molecule has 2 aromatic heterocycles. The SMILES string of the molecule is O=C1NCc2cc(-c3cnc4[nH]cc(C(=O)c5c(F)ccc(NS(=O)(=O)c6cccc(F)c6)c5F)c4c3)ccc21. The summed E-state index contributed by atoms with van der Waals surface area (Å²) in [6, 6.07) is 12.5. The first-order valence-electron chi connectivity index (χ1n) is 11.8. The van der Waals surface area contributed by atoms with Crippen LogP contribution in [0.25, 0.3) is 22.2 Å². The van der Waals surface area contributed by atoms with Gasteiger partial charge in [0.05, 0.1) is 16.1 Å². The van der Waals surface area contributed by atoms with Gasteiger partial charge < -0.3 is 10.3 Å². The number of sulfonamides is 1. The lowest BCUT2D eigenvalue weighted by molar-refractivity contribution is 0.0964. The van der Waals surface area contributed by atoms with Gasteiger partial charge in [0.15, 0.2) is 5.82 Å². The minimum absolute atomic E-state index is 0.0923. The Hall–Kier alpha value is -4.97. The van der Waals surface area contributed by atoms with Crippen LogP contribution >= 0.6 is 0 Å². The summed E-state index contributed by atoms with van der Waals surface area (Å²) in [7, 11) is -4.45. The molecule has 0 atom stereocenters. The highest BCUT2D eigenvalue weighted by atomic mass is 32.2. The van der Waals surface area contributed by atoms with Crippen molar-refractivity contribution in [3.8, 4) is 11.1 Å². The Bertz CT molecular complexity index is 1990. The third kappa shape index (κ3) is 4.28. The molecule has 40 heavy (non-hydrogen) atoms. The number of aromatic amines is 1. The number of anilines is 1. The molecule has 0 spiro atoms. The van der Waals surface area contributed by atoms with E-state index in [9.17, 15) is 26.8 Å². The molecule has 200 valence electrons. The van der Waals surface area contributed by atoms with Crippen LogP contribution < -0.4 is 10.0 Å². The number of fused-ring (bicyclic) bond motifs is 2. The van der Waals surface area contributed by atoms with E-state index in [1.807, 2.05) is 10.8 Å². The van der Waals surface area contributed by atoms with Gasteiger partial charge in [0.25, 0.3) is 15.9 Å². The van der Waals surface area contributed by atoms with Crippen LogP contribution in [0.1, 0.15) is 31.8 Å². The fraction of sp³-hybridized carbons (Fsp3) is 0.0357. The molecule has 3 heterocycles. The van der Waals surface area contributed by atoms with E-state index >= 15 is 4.39 Å². The molecule has 0 radical (unpaired) electrons. The fourth-order valence-electron chi connectivity index (χ4n) is 4.57. The number of carbonyl (C=O) groups is 2. The maximum atomic E-state index is 15.5. The Morgan fingerprint density at radius 3 is 2.60 bits per heavy atom. The van der Waals surface area contributed by atoms with Crippen LogP contribution in [0.15, 0.2) is 78.0 Å². The average Bonchev–Trinajstić information content (AvgIpc) is 3.53. The maximum Gasteiger partial charge on any atom is 0.262 e. The third-order valence-corrected chi connectivity index (χ3v) is 7.93. The zero-order chi connectivity index (χ0) is 28.2. The van der Waals surface area contributed by atoms with Gasteiger partial charge in [0, 0.05) is 41.0 Å². The van der Waals surface area contributed by atoms with Crippen LogP contribution in [-0.2, 0) is 16.6 Å². The molecule has 8 nitrogen and oxygen atoms in total. The molecule has 1 aliphatic rings. The molecule has 0 aliphatic carbocycles. The van der Waals surface area contributed by atoms with Gasteiger partial charge in [-0.15, -0.1) is 0 Å². The number of nitrogens with zero attached hydrogens (tertiary/aromatic N) is 1. The smallest absolute Gasteiger partial charge is 0.262 e. The molecule has 3 aromatic carbocycles. The number of H-pyrrole nitrogens is 1. The first kappa shape index (κ1) is 25.3. The van der Waals surface area contributed by atoms with Crippen molar-refractivity contribution in [1.29, 1.82) is 0 Å². The summed E-state index contributed by atoms with van der Waals surface area (Å²) >= 11 is 0. The average molecular weight is 563 g/mol. The van der Waals surface area contributed by atoms with Gasteiger partial charge in [-0.2, -0.15) is 0 Å². The van der Waals surface area contributed by atoms with Crippen molar-refractivity contribution >= 4 is 38.4 Å². The second kappa shape index (κ2) is 9.35. The van der Waals surface area contributed by atoms with E-state index in [0.29, 0.717) is 17.7 Å². The first-order chi connectivity index (χ1) is 19.1. The van der Waals surface area contributed by atoms with Gasteiger partial charge >= 0.3 is 0 Å².